The molecular formula is H3NO16. The Labute approximate surface area is 88.0 Å². The van der Waals surface area contributed by atoms with E-state index in [4.69, 9.17) is 10.5 Å². The van der Waals surface area contributed by atoms with Gasteiger partial charge in [-0.2, -0.15) is 0 Å². The Morgan fingerprint density at radius 1 is 0.471 bits per heavy atom. The van der Waals surface area contributed by atoms with Gasteiger partial charge in [-0.25, -0.2) is 10.5 Å². The third kappa shape index (κ3) is 15.3. The first-order valence-electron chi connectivity index (χ1n) is 2.77. The summed E-state index contributed by atoms with van der Waals surface area (Å²) in [6, 6.07) is 0. The van der Waals surface area contributed by atoms with E-state index in [-0.39, 0.29) is 0 Å². The highest BCUT2D eigenvalue weighted by atomic mass is 17.9. The summed E-state index contributed by atoms with van der Waals surface area (Å²) in [4.78, 5) is 7.37. The maximum Gasteiger partial charge on any atom is -0.0000302 e. The van der Waals surface area contributed by atoms with Crippen LogP contribution in [-0.4, -0.2) is 10.5 Å². The smallest absolute Gasteiger partial charge is 0.0000302 e. The van der Waals surface area contributed by atoms with Crippen LogP contribution in [-0.2, 0) is 70.4 Å². The van der Waals surface area contributed by atoms with Gasteiger partial charge in [-0.3, -0.25) is 0 Å². The van der Waals surface area contributed by atoms with Crippen molar-refractivity contribution in [3.63, 3.8) is 0 Å². The lowest BCUT2D eigenvalue weighted by atomic mass is 13.2. The van der Waals surface area contributed by atoms with Gasteiger partial charge in [-0.15, -0.1) is 0 Å². The molecule has 0 fully saturated rings. The molecule has 3 N–H and O–H groups in total. The molecule has 0 unspecified atom stereocenters. The summed E-state index contributed by atoms with van der Waals surface area (Å²) in [5.74, 6) is 0. The Balaban J connectivity index is 2.85. The SMILES string of the molecule is OOOOOOOONOOOOOOOO. The lowest BCUT2D eigenvalue weighted by Crippen LogP contribution is -2.17. The first-order chi connectivity index (χ1) is 8.41. The van der Waals surface area contributed by atoms with E-state index in [0.717, 1.165) is 0 Å². The molecule has 104 valence electrons. The molecule has 0 aliphatic carbocycles. The minimum absolute atomic E-state index is 1.36. The second-order valence-electron chi connectivity index (χ2n) is 1.08. The maximum atomic E-state index is 7.47. The number of nitrogens with one attached hydrogen (secondary N) is 1. The fraction of sp³-hybridized carbons (Fsp3) is 0. The molecule has 0 rings (SSSR count). The van der Waals surface area contributed by atoms with Gasteiger partial charge in [-0.1, -0.05) is 9.98 Å². The molecule has 0 spiro atoms. The van der Waals surface area contributed by atoms with Crippen molar-refractivity contribution in [3.05, 3.63) is 0 Å². The zero-order valence-corrected chi connectivity index (χ0v) is 7.11. The molecule has 0 amide bonds. The van der Waals surface area contributed by atoms with Crippen LogP contribution in [0.15, 0.2) is 0 Å². The minimum Gasteiger partial charge on any atom is -0.219 e. The van der Waals surface area contributed by atoms with Gasteiger partial charge < -0.3 is 0 Å². The van der Waals surface area contributed by atoms with Crippen molar-refractivity contribution in [1.82, 2.24) is 5.64 Å². The van der Waals surface area contributed by atoms with Crippen LogP contribution >= 0.6 is 0 Å². The third-order valence-electron chi connectivity index (χ3n) is 0.419. The number of rotatable bonds is 14. The molecule has 0 saturated carbocycles. The normalized spacial score (nSPS) is 10.9. The van der Waals surface area contributed by atoms with Gasteiger partial charge in [0.2, 0.25) is 0 Å². The summed E-state index contributed by atoms with van der Waals surface area (Å²) >= 11 is 0. The van der Waals surface area contributed by atoms with Crippen LogP contribution in [0, 0.1) is 0 Å². The Morgan fingerprint density at radius 3 is 1.24 bits per heavy atom. The van der Waals surface area contributed by atoms with Gasteiger partial charge in [0.1, 0.15) is 0 Å². The minimum atomic E-state index is 1.36. The molecule has 0 aromatic heterocycles. The Kier molecular flexibility index (Phi) is 14.7. The first-order valence-corrected chi connectivity index (χ1v) is 2.77. The fourth-order valence-corrected chi connectivity index (χ4v) is 0.162. The van der Waals surface area contributed by atoms with Gasteiger partial charge in [0, 0.05) is 0 Å². The van der Waals surface area contributed by atoms with Crippen LogP contribution < -0.4 is 5.64 Å². The summed E-state index contributed by atoms with van der Waals surface area (Å²) < 4.78 is 0. The molecule has 0 heterocycles. The molecule has 0 aromatic rings. The molecule has 0 bridgehead atoms. The van der Waals surface area contributed by atoms with Crippen molar-refractivity contribution in [1.29, 1.82) is 0 Å². The van der Waals surface area contributed by atoms with Gasteiger partial charge in [-0.05, 0) is 66.1 Å². The van der Waals surface area contributed by atoms with Crippen LogP contribution in [0.4, 0.5) is 0 Å². The van der Waals surface area contributed by atoms with Crippen LogP contribution in [0.2, 0.25) is 0 Å². The predicted molar refractivity (Wildman–Crippen MR) is 23.6 cm³/mol. The van der Waals surface area contributed by atoms with E-state index in [2.05, 4.69) is 70.4 Å². The number of hydrogen-bond donors (Lipinski definition) is 3. The van der Waals surface area contributed by atoms with Gasteiger partial charge in [0.25, 0.3) is 0 Å². The highest BCUT2D eigenvalue weighted by Gasteiger charge is 1.96. The topological polar surface area (TPSA) is 182 Å². The average molecular weight is 273 g/mol. The fourth-order valence-electron chi connectivity index (χ4n) is 0.162. The predicted octanol–water partition coefficient (Wildman–Crippen LogP) is -1.44. The molecule has 0 aromatic carbocycles. The van der Waals surface area contributed by atoms with Crippen molar-refractivity contribution in [2.24, 2.45) is 0 Å². The Hall–Kier alpha value is -0.680. The van der Waals surface area contributed by atoms with E-state index in [1.54, 1.807) is 0 Å². The van der Waals surface area contributed by atoms with E-state index in [0.29, 0.717) is 0 Å². The summed E-state index contributed by atoms with van der Waals surface area (Å²) in [5.41, 5.74) is 1.36. The molecule has 0 atom stereocenters. The van der Waals surface area contributed by atoms with E-state index >= 15 is 0 Å². The van der Waals surface area contributed by atoms with Crippen molar-refractivity contribution in [3.8, 4) is 0 Å². The molecule has 17 heavy (non-hydrogen) atoms. The largest absolute Gasteiger partial charge is 0.219 e. The quantitative estimate of drug-likeness (QED) is 0.190. The van der Waals surface area contributed by atoms with Crippen molar-refractivity contribution < 1.29 is 81.0 Å². The van der Waals surface area contributed by atoms with Gasteiger partial charge in [0.05, 0.1) is 0 Å². The monoisotopic (exact) mass is 273 g/mol. The van der Waals surface area contributed by atoms with Crippen LogP contribution in [0.5, 0.6) is 0 Å². The Bertz CT molecular complexity index is 109. The lowest BCUT2D eigenvalue weighted by molar-refractivity contribution is -0.833. The van der Waals surface area contributed by atoms with Crippen LogP contribution in [0.25, 0.3) is 0 Å². The highest BCUT2D eigenvalue weighted by molar-refractivity contribution is 3.37. The molecule has 17 heteroatoms. The number of hydrogen-bond acceptors (Lipinski definition) is 17. The maximum absolute atomic E-state index is 7.47. The van der Waals surface area contributed by atoms with E-state index in [1.807, 2.05) is 0 Å². The zero-order chi connectivity index (χ0) is 12.6. The van der Waals surface area contributed by atoms with Crippen molar-refractivity contribution in [2.45, 2.75) is 0 Å². The molecule has 0 radical (unpaired) electrons. The third-order valence-corrected chi connectivity index (χ3v) is 0.419. The van der Waals surface area contributed by atoms with E-state index in [1.165, 1.54) is 5.64 Å². The summed E-state index contributed by atoms with van der Waals surface area (Å²) in [6.45, 7) is 0. The molecule has 0 saturated heterocycles. The van der Waals surface area contributed by atoms with E-state index < -0.39 is 0 Å². The van der Waals surface area contributed by atoms with Crippen molar-refractivity contribution >= 4 is 0 Å². The Morgan fingerprint density at radius 2 is 0.824 bits per heavy atom. The second-order valence-corrected chi connectivity index (χ2v) is 1.08. The van der Waals surface area contributed by atoms with E-state index in [9.17, 15) is 0 Å². The molecular weight excluding hydrogens is 270 g/mol. The molecule has 0 aliphatic heterocycles. The van der Waals surface area contributed by atoms with Crippen molar-refractivity contribution in [2.75, 3.05) is 0 Å². The summed E-state index contributed by atoms with van der Waals surface area (Å²) in [7, 11) is 0. The standard InChI is InChI=1S/H3NO16/c2-6-10-14-16-12-8-4-1-5-9-13-17-15-11-7-3/h1-3H. The first kappa shape index (κ1) is 16.3. The molecule has 17 nitrogen and oxygen atoms in total. The summed E-state index contributed by atoms with van der Waals surface area (Å²) in [6.07, 6.45) is 0. The average Bonchev–Trinajstić information content (AvgIpc) is 2.35. The zero-order valence-electron chi connectivity index (χ0n) is 7.11. The summed E-state index contributed by atoms with van der Waals surface area (Å²) in [5, 5.41) is 54.8. The highest BCUT2D eigenvalue weighted by Crippen LogP contribution is 1.87. The molecule has 0 aliphatic rings. The van der Waals surface area contributed by atoms with Gasteiger partial charge >= 0.3 is 0 Å². The van der Waals surface area contributed by atoms with Crippen LogP contribution in [0.1, 0.15) is 0 Å². The van der Waals surface area contributed by atoms with Gasteiger partial charge in [0.15, 0.2) is 0 Å². The van der Waals surface area contributed by atoms with Crippen LogP contribution in [0.3, 0.4) is 0 Å². The second kappa shape index (κ2) is 15.3. The lowest BCUT2D eigenvalue weighted by Gasteiger charge is -1.99.